The minimum Gasteiger partial charge on any atom is -0.467 e. The van der Waals surface area contributed by atoms with Gasteiger partial charge in [0.15, 0.2) is 0 Å². The molecule has 0 bridgehead atoms. The van der Waals surface area contributed by atoms with Gasteiger partial charge < -0.3 is 4.74 Å². The fraction of sp³-hybridized carbons (Fsp3) is 0.0526. The molecule has 0 amide bonds. The minimum atomic E-state index is 0.645. The third-order valence-electron chi connectivity index (χ3n) is 8.30. The van der Waals surface area contributed by atoms with Crippen LogP contribution in [0.5, 0.6) is 0 Å². The largest absolute Gasteiger partial charge is 0.467 e. The summed E-state index contributed by atoms with van der Waals surface area (Å²) in [6, 6.07) is 39.7. The van der Waals surface area contributed by atoms with Gasteiger partial charge in [-0.2, -0.15) is 0 Å². The van der Waals surface area contributed by atoms with Crippen LogP contribution in [-0.2, 0) is 17.6 Å². The monoisotopic (exact) mass is 498 g/mol. The molecule has 0 fully saturated rings. The fourth-order valence-corrected chi connectivity index (χ4v) is 6.60. The summed E-state index contributed by atoms with van der Waals surface area (Å²) >= 11 is 0. The molecule has 0 aliphatic rings. The van der Waals surface area contributed by atoms with Crippen molar-refractivity contribution in [1.29, 1.82) is 0 Å². The second-order valence-electron chi connectivity index (χ2n) is 10.7. The van der Waals surface area contributed by atoms with Crippen molar-refractivity contribution in [3.8, 4) is 0 Å². The van der Waals surface area contributed by atoms with E-state index in [1.807, 2.05) is 0 Å². The predicted molar refractivity (Wildman–Crippen MR) is 167 cm³/mol. The molecule has 0 saturated carbocycles. The maximum absolute atomic E-state index is 6.25. The molecule has 0 spiro atoms. The van der Waals surface area contributed by atoms with Gasteiger partial charge in [-0.25, -0.2) is 0 Å². The van der Waals surface area contributed by atoms with Gasteiger partial charge in [-0.15, -0.1) is 0 Å². The van der Waals surface area contributed by atoms with Crippen LogP contribution in [0.4, 0.5) is 0 Å². The first kappa shape index (κ1) is 22.1. The number of hydrogen-bond donors (Lipinski definition) is 0. The number of benzene rings is 8. The molecule has 0 aromatic heterocycles. The molecule has 0 radical (unpaired) electrons. The third kappa shape index (κ3) is 3.40. The zero-order valence-corrected chi connectivity index (χ0v) is 21.6. The van der Waals surface area contributed by atoms with E-state index in [0.717, 1.165) is 0 Å². The van der Waals surface area contributed by atoms with Gasteiger partial charge in [0.05, 0.1) is 0 Å². The standard InChI is InChI=1S/C38H26O/c1-23(21-31-15-13-29-11-9-25-5-3-7-27-17-19-33(31)37(29)35(25)27)39-24(2)22-32-16-14-30-12-10-26-6-4-8-28-18-20-34(32)38(30)36(26)28/h3-20H,1-2,21-22H2. The van der Waals surface area contributed by atoms with Crippen molar-refractivity contribution < 1.29 is 4.74 Å². The second-order valence-corrected chi connectivity index (χ2v) is 10.7. The highest BCUT2D eigenvalue weighted by Gasteiger charge is 2.14. The molecule has 0 heterocycles. The van der Waals surface area contributed by atoms with Gasteiger partial charge in [0.2, 0.25) is 0 Å². The zero-order valence-electron chi connectivity index (χ0n) is 21.6. The van der Waals surface area contributed by atoms with E-state index in [9.17, 15) is 0 Å². The van der Waals surface area contributed by atoms with Gasteiger partial charge >= 0.3 is 0 Å². The first-order valence-corrected chi connectivity index (χ1v) is 13.5. The quantitative estimate of drug-likeness (QED) is 0.164. The molecule has 0 unspecified atom stereocenters. The SMILES string of the molecule is C=C(Cc1ccc2ccc3cccc4ccc1c2c34)OC(=C)Cc1ccc2ccc3cccc4ccc1c2c34. The first-order chi connectivity index (χ1) is 19.1. The van der Waals surface area contributed by atoms with Gasteiger partial charge in [-0.05, 0) is 75.8 Å². The Kier molecular flexibility index (Phi) is 4.72. The third-order valence-corrected chi connectivity index (χ3v) is 8.30. The number of hydrogen-bond acceptors (Lipinski definition) is 1. The van der Waals surface area contributed by atoms with E-state index in [-0.39, 0.29) is 0 Å². The topological polar surface area (TPSA) is 9.23 Å². The minimum absolute atomic E-state index is 0.645. The smallest absolute Gasteiger partial charge is 0.101 e. The number of allylic oxidation sites excluding steroid dienone is 2. The molecule has 184 valence electrons. The Morgan fingerprint density at radius 1 is 0.410 bits per heavy atom. The van der Waals surface area contributed by atoms with E-state index >= 15 is 0 Å². The molecule has 8 aromatic rings. The van der Waals surface area contributed by atoms with Crippen molar-refractivity contribution in [2.75, 3.05) is 0 Å². The van der Waals surface area contributed by atoms with Gasteiger partial charge in [-0.3, -0.25) is 0 Å². The Bertz CT molecular complexity index is 2040. The van der Waals surface area contributed by atoms with Crippen LogP contribution < -0.4 is 0 Å². The lowest BCUT2D eigenvalue weighted by atomic mass is 9.91. The van der Waals surface area contributed by atoms with E-state index in [2.05, 4.69) is 122 Å². The van der Waals surface area contributed by atoms with E-state index in [1.54, 1.807) is 0 Å². The molecule has 0 N–H and O–H groups in total. The molecular weight excluding hydrogens is 472 g/mol. The number of rotatable bonds is 6. The van der Waals surface area contributed by atoms with E-state index in [1.165, 1.54) is 75.8 Å². The van der Waals surface area contributed by atoms with Gasteiger partial charge in [-0.1, -0.05) is 122 Å². The summed E-state index contributed by atoms with van der Waals surface area (Å²) in [6.45, 7) is 8.57. The normalized spacial score (nSPS) is 12.0. The lowest BCUT2D eigenvalue weighted by molar-refractivity contribution is 0.293. The van der Waals surface area contributed by atoms with Gasteiger partial charge in [0, 0.05) is 12.8 Å². The molecule has 8 aromatic carbocycles. The lowest BCUT2D eigenvalue weighted by Crippen LogP contribution is -2.00. The molecule has 0 saturated heterocycles. The Morgan fingerprint density at radius 2 is 0.744 bits per heavy atom. The van der Waals surface area contributed by atoms with Crippen LogP contribution in [0.25, 0.3) is 64.6 Å². The highest BCUT2D eigenvalue weighted by molar-refractivity contribution is 6.24. The van der Waals surface area contributed by atoms with Crippen molar-refractivity contribution in [2.24, 2.45) is 0 Å². The van der Waals surface area contributed by atoms with E-state index in [0.29, 0.717) is 24.4 Å². The van der Waals surface area contributed by atoms with E-state index in [4.69, 9.17) is 4.74 Å². The predicted octanol–water partition coefficient (Wildman–Crippen LogP) is 10.3. The summed E-state index contributed by atoms with van der Waals surface area (Å²) in [4.78, 5) is 0. The fourth-order valence-electron chi connectivity index (χ4n) is 6.60. The summed E-state index contributed by atoms with van der Waals surface area (Å²) in [7, 11) is 0. The van der Waals surface area contributed by atoms with Crippen LogP contribution in [0.3, 0.4) is 0 Å². The highest BCUT2D eigenvalue weighted by Crippen LogP contribution is 2.38. The molecule has 0 atom stereocenters. The summed E-state index contributed by atoms with van der Waals surface area (Å²) < 4.78 is 6.25. The average Bonchev–Trinajstić information content (AvgIpc) is 2.96. The summed E-state index contributed by atoms with van der Waals surface area (Å²) in [5.74, 6) is 1.43. The van der Waals surface area contributed by atoms with Crippen LogP contribution in [0.2, 0.25) is 0 Å². The van der Waals surface area contributed by atoms with Crippen molar-refractivity contribution in [3.05, 3.63) is 145 Å². The molecule has 0 aliphatic carbocycles. The van der Waals surface area contributed by atoms with Crippen LogP contribution in [0.15, 0.2) is 134 Å². The summed E-state index contributed by atoms with van der Waals surface area (Å²) in [6.07, 6.45) is 1.29. The lowest BCUT2D eigenvalue weighted by Gasteiger charge is -2.17. The Labute approximate surface area is 226 Å². The first-order valence-electron chi connectivity index (χ1n) is 13.5. The maximum atomic E-state index is 6.25. The van der Waals surface area contributed by atoms with Crippen molar-refractivity contribution in [1.82, 2.24) is 0 Å². The van der Waals surface area contributed by atoms with Crippen molar-refractivity contribution in [2.45, 2.75) is 12.8 Å². The second kappa shape index (κ2) is 8.31. The zero-order chi connectivity index (χ0) is 26.1. The van der Waals surface area contributed by atoms with Gasteiger partial charge in [0.25, 0.3) is 0 Å². The Hall–Kier alpha value is -4.88. The molecule has 39 heavy (non-hydrogen) atoms. The molecule has 1 heteroatoms. The van der Waals surface area contributed by atoms with Gasteiger partial charge in [0.1, 0.15) is 11.5 Å². The highest BCUT2D eigenvalue weighted by atomic mass is 16.5. The van der Waals surface area contributed by atoms with Crippen LogP contribution in [0, 0.1) is 0 Å². The molecule has 1 nitrogen and oxygen atoms in total. The maximum Gasteiger partial charge on any atom is 0.101 e. The van der Waals surface area contributed by atoms with E-state index < -0.39 is 0 Å². The van der Waals surface area contributed by atoms with Crippen LogP contribution in [0.1, 0.15) is 11.1 Å². The number of ether oxygens (including phenoxy) is 1. The van der Waals surface area contributed by atoms with Crippen LogP contribution >= 0.6 is 0 Å². The Balaban J connectivity index is 1.09. The summed E-state index contributed by atoms with van der Waals surface area (Å²) in [5.41, 5.74) is 2.45. The molecule has 0 aliphatic heterocycles. The van der Waals surface area contributed by atoms with Crippen molar-refractivity contribution in [3.63, 3.8) is 0 Å². The average molecular weight is 499 g/mol. The summed E-state index contributed by atoms with van der Waals surface area (Å²) in [5, 5.41) is 15.5. The molecule has 8 rings (SSSR count). The van der Waals surface area contributed by atoms with Crippen molar-refractivity contribution >= 4 is 64.6 Å². The molecular formula is C38H26O. The Morgan fingerprint density at radius 3 is 1.15 bits per heavy atom. The van der Waals surface area contributed by atoms with Crippen LogP contribution in [-0.4, -0.2) is 0 Å².